The van der Waals surface area contributed by atoms with Gasteiger partial charge < -0.3 is 4.74 Å². The summed E-state index contributed by atoms with van der Waals surface area (Å²) in [6.07, 6.45) is 4.48. The monoisotopic (exact) mass is 578 g/mol. The fourth-order valence-corrected chi connectivity index (χ4v) is 6.03. The van der Waals surface area contributed by atoms with Crippen molar-refractivity contribution in [1.82, 2.24) is 9.29 Å². The lowest BCUT2D eigenvalue weighted by Crippen LogP contribution is -2.31. The van der Waals surface area contributed by atoms with Gasteiger partial charge in [0.2, 0.25) is 15.2 Å². The number of anilines is 1. The normalized spacial score (nSPS) is 11.7. The molecule has 0 unspecified atom stereocenters. The minimum atomic E-state index is -3.84. The highest BCUT2D eigenvalue weighted by atomic mass is 32.2. The number of benzene rings is 3. The van der Waals surface area contributed by atoms with Crippen molar-refractivity contribution < 1.29 is 22.3 Å². The number of hydrogen-bond acceptors (Lipinski definition) is 7. The summed E-state index contributed by atoms with van der Waals surface area (Å²) in [5.74, 6) is -0.257. The van der Waals surface area contributed by atoms with Gasteiger partial charge in [-0.2, -0.15) is 14.4 Å². The van der Waals surface area contributed by atoms with Crippen molar-refractivity contribution in [2.24, 2.45) is 5.10 Å². The van der Waals surface area contributed by atoms with E-state index >= 15 is 0 Å². The zero-order valence-electron chi connectivity index (χ0n) is 21.7. The van der Waals surface area contributed by atoms with Crippen molar-refractivity contribution in [2.75, 3.05) is 24.7 Å². The number of carbonyl (C=O) groups excluding carboxylic acids is 1. The first-order chi connectivity index (χ1) is 19.3. The van der Waals surface area contributed by atoms with Gasteiger partial charge in [0, 0.05) is 18.7 Å². The molecule has 0 saturated heterocycles. The van der Waals surface area contributed by atoms with E-state index in [1.807, 2.05) is 6.92 Å². The summed E-state index contributed by atoms with van der Waals surface area (Å²) >= 11 is 1.11. The number of fused-ring (bicyclic) bond motifs is 1. The predicted octanol–water partition coefficient (Wildman–Crippen LogP) is 5.88. The number of rotatable bonds is 12. The maximum atomic E-state index is 13.8. The number of ether oxygens (including phenoxy) is 1. The predicted molar refractivity (Wildman–Crippen MR) is 157 cm³/mol. The van der Waals surface area contributed by atoms with Crippen molar-refractivity contribution in [3.63, 3.8) is 0 Å². The highest BCUT2D eigenvalue weighted by Crippen LogP contribution is 2.31. The van der Waals surface area contributed by atoms with E-state index in [1.165, 1.54) is 65.1 Å². The molecular formula is C29H27FN4O4S2. The average molecular weight is 579 g/mol. The number of sulfonamides is 1. The van der Waals surface area contributed by atoms with Crippen LogP contribution in [-0.2, 0) is 10.0 Å². The standard InChI is InChI=1S/C29H27FN4O4S2/c1-4-17-33(18-5-2)40(36,37)25-14-9-22(10-15-25)28(35)34(29-32-26-16-11-23(30)19-27(26)39-29)31-20-21-7-12-24(13-8-21)38-6-3/h4-5,7-16,19-20H,1-2,6,17-18H2,3H3/b31-20+. The fourth-order valence-electron chi connectivity index (χ4n) is 3.71. The molecule has 0 N–H and O–H groups in total. The largest absolute Gasteiger partial charge is 0.494 e. The Bertz CT molecular complexity index is 1640. The molecule has 0 saturated carbocycles. The highest BCUT2D eigenvalue weighted by Gasteiger charge is 2.25. The number of halogens is 1. The summed E-state index contributed by atoms with van der Waals surface area (Å²) in [6.45, 7) is 9.88. The second-order valence-electron chi connectivity index (χ2n) is 8.40. The summed E-state index contributed by atoms with van der Waals surface area (Å²) in [7, 11) is -3.84. The van der Waals surface area contributed by atoms with E-state index in [4.69, 9.17) is 4.74 Å². The van der Waals surface area contributed by atoms with E-state index in [-0.39, 0.29) is 28.7 Å². The van der Waals surface area contributed by atoms with Gasteiger partial charge in [-0.3, -0.25) is 4.79 Å². The lowest BCUT2D eigenvalue weighted by Gasteiger charge is -2.19. The molecule has 0 spiro atoms. The number of carbonyl (C=O) groups is 1. The first-order valence-corrected chi connectivity index (χ1v) is 14.5. The van der Waals surface area contributed by atoms with Crippen LogP contribution in [0.3, 0.4) is 0 Å². The Morgan fingerprint density at radius 3 is 2.35 bits per heavy atom. The lowest BCUT2D eigenvalue weighted by molar-refractivity contribution is 0.0987. The SMILES string of the molecule is C=CCN(CC=C)S(=O)(=O)c1ccc(C(=O)N(/N=C/c2ccc(OCC)cc2)c2nc3ccc(F)cc3s2)cc1. The number of hydrogen-bond donors (Lipinski definition) is 0. The molecule has 0 aliphatic rings. The van der Waals surface area contributed by atoms with E-state index in [0.717, 1.165) is 16.3 Å². The van der Waals surface area contributed by atoms with Crippen LogP contribution in [0.2, 0.25) is 0 Å². The van der Waals surface area contributed by atoms with Gasteiger partial charge >= 0.3 is 0 Å². The molecule has 0 aliphatic heterocycles. The van der Waals surface area contributed by atoms with Crippen molar-refractivity contribution in [3.8, 4) is 5.75 Å². The third-order valence-electron chi connectivity index (χ3n) is 5.63. The van der Waals surface area contributed by atoms with Crippen LogP contribution in [0, 0.1) is 5.82 Å². The van der Waals surface area contributed by atoms with Crippen LogP contribution in [0.5, 0.6) is 5.75 Å². The summed E-state index contributed by atoms with van der Waals surface area (Å²) in [4.78, 5) is 18.1. The van der Waals surface area contributed by atoms with Gasteiger partial charge in [-0.15, -0.1) is 13.2 Å². The topological polar surface area (TPSA) is 92.2 Å². The molecule has 0 radical (unpaired) electrons. The van der Waals surface area contributed by atoms with Gasteiger partial charge in [0.15, 0.2) is 0 Å². The van der Waals surface area contributed by atoms with Crippen molar-refractivity contribution in [2.45, 2.75) is 11.8 Å². The van der Waals surface area contributed by atoms with E-state index in [9.17, 15) is 17.6 Å². The van der Waals surface area contributed by atoms with Gasteiger partial charge in [-0.25, -0.2) is 17.8 Å². The van der Waals surface area contributed by atoms with Crippen LogP contribution in [0.25, 0.3) is 10.2 Å². The van der Waals surface area contributed by atoms with Crippen molar-refractivity contribution >= 4 is 48.8 Å². The van der Waals surface area contributed by atoms with Gasteiger partial charge in [0.1, 0.15) is 11.6 Å². The Labute approximate surface area is 236 Å². The van der Waals surface area contributed by atoms with Crippen LogP contribution in [0.4, 0.5) is 9.52 Å². The lowest BCUT2D eigenvalue weighted by atomic mass is 10.2. The molecule has 1 amide bonds. The smallest absolute Gasteiger partial charge is 0.280 e. The van der Waals surface area contributed by atoms with Crippen LogP contribution in [-0.4, -0.2) is 49.5 Å². The Kier molecular flexibility index (Phi) is 9.20. The molecule has 0 aliphatic carbocycles. The molecule has 40 heavy (non-hydrogen) atoms. The van der Waals surface area contributed by atoms with Crippen molar-refractivity contribution in [3.05, 3.63) is 109 Å². The Balaban J connectivity index is 1.68. The van der Waals surface area contributed by atoms with Crippen LogP contribution in [0.1, 0.15) is 22.8 Å². The molecule has 0 bridgehead atoms. The van der Waals surface area contributed by atoms with Crippen LogP contribution < -0.4 is 9.75 Å². The molecule has 1 heterocycles. The fraction of sp³-hybridized carbons (Fsp3) is 0.138. The minimum Gasteiger partial charge on any atom is -0.494 e. The maximum Gasteiger partial charge on any atom is 0.280 e. The Morgan fingerprint density at radius 2 is 1.73 bits per heavy atom. The molecule has 4 rings (SSSR count). The van der Waals surface area contributed by atoms with Gasteiger partial charge in [0.25, 0.3) is 5.91 Å². The zero-order valence-corrected chi connectivity index (χ0v) is 23.4. The number of amides is 1. The third kappa shape index (κ3) is 6.50. The summed E-state index contributed by atoms with van der Waals surface area (Å²) in [6, 6.07) is 16.9. The van der Waals surface area contributed by atoms with Crippen LogP contribution >= 0.6 is 11.3 Å². The van der Waals surface area contributed by atoms with Gasteiger partial charge in [-0.05, 0) is 79.2 Å². The zero-order chi connectivity index (χ0) is 28.7. The second kappa shape index (κ2) is 12.8. The number of nitrogens with zero attached hydrogens (tertiary/aromatic N) is 4. The number of aromatic nitrogens is 1. The molecule has 4 aromatic rings. The van der Waals surface area contributed by atoms with Crippen LogP contribution in [0.15, 0.2) is 102 Å². The second-order valence-corrected chi connectivity index (χ2v) is 11.3. The third-order valence-corrected chi connectivity index (χ3v) is 8.47. The molecule has 3 aromatic carbocycles. The molecule has 206 valence electrons. The molecule has 0 fully saturated rings. The molecular weight excluding hydrogens is 551 g/mol. The number of hydrazone groups is 1. The minimum absolute atomic E-state index is 0.0210. The van der Waals surface area contributed by atoms with E-state index in [0.29, 0.717) is 28.1 Å². The maximum absolute atomic E-state index is 13.8. The van der Waals surface area contributed by atoms with Gasteiger partial charge in [0.05, 0.1) is 27.9 Å². The van der Waals surface area contributed by atoms with E-state index in [1.54, 1.807) is 24.3 Å². The number of thiazole rings is 1. The first kappa shape index (κ1) is 28.8. The highest BCUT2D eigenvalue weighted by molar-refractivity contribution is 7.89. The summed E-state index contributed by atoms with van der Waals surface area (Å²) < 4.78 is 47.2. The molecule has 11 heteroatoms. The first-order valence-electron chi connectivity index (χ1n) is 12.3. The molecule has 1 aromatic heterocycles. The van der Waals surface area contributed by atoms with Crippen molar-refractivity contribution in [1.29, 1.82) is 0 Å². The van der Waals surface area contributed by atoms with Gasteiger partial charge in [-0.1, -0.05) is 23.5 Å². The quantitative estimate of drug-likeness (QED) is 0.119. The molecule has 0 atom stereocenters. The van der Waals surface area contributed by atoms with E-state index < -0.39 is 21.7 Å². The Hall–Kier alpha value is -4.19. The average Bonchev–Trinajstić information content (AvgIpc) is 3.37. The summed E-state index contributed by atoms with van der Waals surface area (Å²) in [5, 5.41) is 5.75. The summed E-state index contributed by atoms with van der Waals surface area (Å²) in [5.41, 5.74) is 1.41. The van der Waals surface area contributed by atoms with E-state index in [2.05, 4.69) is 23.2 Å². The Morgan fingerprint density at radius 1 is 1.05 bits per heavy atom. The molecule has 8 nitrogen and oxygen atoms in total.